The van der Waals surface area contributed by atoms with Gasteiger partial charge in [0.2, 0.25) is 5.90 Å². The summed E-state index contributed by atoms with van der Waals surface area (Å²) in [5.41, 5.74) is 0.500. The third kappa shape index (κ3) is 5.12. The zero-order valence-electron chi connectivity index (χ0n) is 21.4. The van der Waals surface area contributed by atoms with Crippen molar-refractivity contribution in [1.29, 1.82) is 0 Å². The highest BCUT2D eigenvalue weighted by molar-refractivity contribution is 7.22. The Hall–Kier alpha value is -4.29. The predicted molar refractivity (Wildman–Crippen MR) is 163 cm³/mol. The molecular formula is C29H16Cl2N2O7S2. The topological polar surface area (TPSA) is 117 Å². The third-order valence-electron chi connectivity index (χ3n) is 6.13. The molecule has 0 amide bonds. The number of aliphatic imine (C=N–C) groups is 1. The lowest BCUT2D eigenvalue weighted by molar-refractivity contribution is -0.384. The van der Waals surface area contributed by atoms with Gasteiger partial charge in [0.15, 0.2) is 17.2 Å². The number of carbonyl (C=O) groups is 2. The van der Waals surface area contributed by atoms with Crippen LogP contribution in [0.25, 0.3) is 26.2 Å². The Bertz CT molecular complexity index is 2010. The number of rotatable bonds is 7. The van der Waals surface area contributed by atoms with E-state index in [0.29, 0.717) is 25.5 Å². The Morgan fingerprint density at radius 2 is 1.81 bits per heavy atom. The van der Waals surface area contributed by atoms with Crippen molar-refractivity contribution in [3.05, 3.63) is 102 Å². The van der Waals surface area contributed by atoms with Crippen LogP contribution in [-0.2, 0) is 9.53 Å². The van der Waals surface area contributed by atoms with E-state index in [1.54, 1.807) is 19.1 Å². The van der Waals surface area contributed by atoms with E-state index in [9.17, 15) is 19.7 Å². The maximum Gasteiger partial charge on any atom is 0.363 e. The first-order chi connectivity index (χ1) is 20.2. The van der Waals surface area contributed by atoms with Gasteiger partial charge in [0.25, 0.3) is 5.69 Å². The van der Waals surface area contributed by atoms with Crippen LogP contribution < -0.4 is 9.47 Å². The normalized spacial score (nSPS) is 13.9. The lowest BCUT2D eigenvalue weighted by atomic mass is 10.1. The molecule has 0 atom stereocenters. The summed E-state index contributed by atoms with van der Waals surface area (Å²) < 4.78 is 18.2. The van der Waals surface area contributed by atoms with E-state index in [4.69, 9.17) is 37.4 Å². The molecule has 0 aliphatic carbocycles. The Morgan fingerprint density at radius 3 is 2.57 bits per heavy atom. The molecule has 0 radical (unpaired) electrons. The Morgan fingerprint density at radius 1 is 1.02 bits per heavy atom. The molecule has 42 heavy (non-hydrogen) atoms. The van der Waals surface area contributed by atoms with Gasteiger partial charge in [0.05, 0.1) is 21.6 Å². The van der Waals surface area contributed by atoms with Crippen LogP contribution in [0.5, 0.6) is 11.5 Å². The zero-order chi connectivity index (χ0) is 29.5. The van der Waals surface area contributed by atoms with Gasteiger partial charge in [-0.05, 0) is 42.8 Å². The monoisotopic (exact) mass is 638 g/mol. The number of ether oxygens (including phenoxy) is 3. The van der Waals surface area contributed by atoms with Crippen LogP contribution in [0.1, 0.15) is 27.0 Å². The van der Waals surface area contributed by atoms with Crippen molar-refractivity contribution < 1.29 is 28.7 Å². The van der Waals surface area contributed by atoms with Crippen molar-refractivity contribution in [2.45, 2.75) is 6.92 Å². The number of benzene rings is 3. The van der Waals surface area contributed by atoms with E-state index in [1.807, 2.05) is 24.3 Å². The van der Waals surface area contributed by atoms with Crippen LogP contribution in [0.3, 0.4) is 0 Å². The molecule has 13 heteroatoms. The van der Waals surface area contributed by atoms with Gasteiger partial charge < -0.3 is 14.2 Å². The lowest BCUT2D eigenvalue weighted by Crippen LogP contribution is -2.08. The van der Waals surface area contributed by atoms with E-state index in [-0.39, 0.29) is 45.3 Å². The fourth-order valence-corrected chi connectivity index (χ4v) is 7.08. The van der Waals surface area contributed by atoms with E-state index in [0.717, 1.165) is 21.4 Å². The maximum atomic E-state index is 13.1. The molecule has 1 aliphatic heterocycles. The first kappa shape index (κ1) is 27.9. The van der Waals surface area contributed by atoms with Gasteiger partial charge in [-0.25, -0.2) is 14.6 Å². The summed E-state index contributed by atoms with van der Waals surface area (Å²) in [7, 11) is 0. The van der Waals surface area contributed by atoms with E-state index >= 15 is 0 Å². The molecule has 2 aromatic heterocycles. The van der Waals surface area contributed by atoms with Crippen molar-refractivity contribution in [2.75, 3.05) is 6.61 Å². The fraction of sp³-hybridized carbons (Fsp3) is 0.0690. The van der Waals surface area contributed by atoms with Crippen LogP contribution in [0.4, 0.5) is 5.69 Å². The second-order valence-corrected chi connectivity index (χ2v) is 11.6. The molecule has 5 aromatic rings. The third-order valence-corrected chi connectivity index (χ3v) is 9.43. The second kappa shape index (κ2) is 11.2. The molecule has 0 spiro atoms. The van der Waals surface area contributed by atoms with E-state index in [1.165, 1.54) is 41.7 Å². The average Bonchev–Trinajstić information content (AvgIpc) is 3.62. The zero-order valence-corrected chi connectivity index (χ0v) is 24.5. The summed E-state index contributed by atoms with van der Waals surface area (Å²) in [5, 5.41) is 13.1. The SMILES string of the molecule is CCOc1cc(/C=C2/N=C(c3sc4ccccc4c3Cl)OC2=O)ccc1OC(=O)c1sc2cc([N+](=O)[O-])ccc2c1Cl. The highest BCUT2D eigenvalue weighted by atomic mass is 35.5. The molecule has 6 rings (SSSR count). The minimum atomic E-state index is -0.746. The minimum absolute atomic E-state index is 0.0665. The molecule has 210 valence electrons. The largest absolute Gasteiger partial charge is 0.490 e. The number of fused-ring (bicyclic) bond motifs is 2. The van der Waals surface area contributed by atoms with Crippen LogP contribution in [0, 0.1) is 10.1 Å². The molecule has 9 nitrogen and oxygen atoms in total. The van der Waals surface area contributed by atoms with Crippen molar-refractivity contribution in [3.8, 4) is 11.5 Å². The van der Waals surface area contributed by atoms with Gasteiger partial charge in [-0.2, -0.15) is 0 Å². The molecular weight excluding hydrogens is 623 g/mol. The number of hydrogen-bond acceptors (Lipinski definition) is 10. The standard InChI is InChI=1S/C29H16Cl2N2O7S2/c1-2-38-20-12-14(11-18-28(34)40-27(32-18)25-23(30)16-5-3-4-6-21(16)41-25)7-10-19(20)39-29(35)26-24(31)17-9-8-15(33(36)37)13-22(17)42-26/h3-13H,2H2,1H3/b18-11+. The Balaban J connectivity index is 1.28. The van der Waals surface area contributed by atoms with E-state index < -0.39 is 16.9 Å². The first-order valence-electron chi connectivity index (χ1n) is 12.3. The molecule has 1 aliphatic rings. The van der Waals surface area contributed by atoms with Gasteiger partial charge >= 0.3 is 11.9 Å². The van der Waals surface area contributed by atoms with Gasteiger partial charge in [0, 0.05) is 32.3 Å². The number of non-ortho nitro benzene ring substituents is 1. The number of cyclic esters (lactones) is 1. The van der Waals surface area contributed by atoms with E-state index in [2.05, 4.69) is 4.99 Å². The summed E-state index contributed by atoms with van der Waals surface area (Å²) in [6.07, 6.45) is 1.53. The Kier molecular flexibility index (Phi) is 7.42. The molecule has 0 saturated heterocycles. The number of esters is 2. The number of thiophene rings is 2. The lowest BCUT2D eigenvalue weighted by Gasteiger charge is -2.11. The van der Waals surface area contributed by atoms with Crippen molar-refractivity contribution >= 4 is 95.6 Å². The number of hydrogen-bond donors (Lipinski definition) is 0. The van der Waals surface area contributed by atoms with Gasteiger partial charge in [-0.15, -0.1) is 22.7 Å². The summed E-state index contributed by atoms with van der Waals surface area (Å²) in [5.74, 6) is -0.884. The number of carbonyl (C=O) groups excluding carboxylic acids is 2. The maximum absolute atomic E-state index is 13.1. The number of halogens is 2. The molecule has 3 heterocycles. The summed E-state index contributed by atoms with van der Waals surface area (Å²) in [6, 6.07) is 16.5. The molecule has 0 saturated carbocycles. The highest BCUT2D eigenvalue weighted by Crippen LogP contribution is 2.40. The van der Waals surface area contributed by atoms with Gasteiger partial charge in [0.1, 0.15) is 9.75 Å². The summed E-state index contributed by atoms with van der Waals surface area (Å²) in [4.78, 5) is 41.3. The molecule has 0 N–H and O–H groups in total. The average molecular weight is 639 g/mol. The Labute approximate surface area is 255 Å². The van der Waals surface area contributed by atoms with Crippen molar-refractivity contribution in [3.63, 3.8) is 0 Å². The van der Waals surface area contributed by atoms with Crippen LogP contribution in [0.15, 0.2) is 71.4 Å². The molecule has 0 fully saturated rings. The van der Waals surface area contributed by atoms with Crippen LogP contribution in [0.2, 0.25) is 10.0 Å². The fourth-order valence-electron chi connectivity index (χ4n) is 4.23. The smallest absolute Gasteiger partial charge is 0.363 e. The first-order valence-corrected chi connectivity index (χ1v) is 14.7. The number of nitrogens with zero attached hydrogens (tertiary/aromatic N) is 2. The van der Waals surface area contributed by atoms with Crippen molar-refractivity contribution in [1.82, 2.24) is 0 Å². The quantitative estimate of drug-likeness (QED) is 0.0578. The summed E-state index contributed by atoms with van der Waals surface area (Å²) >= 11 is 15.3. The van der Waals surface area contributed by atoms with Crippen LogP contribution in [-0.4, -0.2) is 29.4 Å². The molecule has 0 bridgehead atoms. The molecule has 3 aromatic carbocycles. The van der Waals surface area contributed by atoms with Crippen molar-refractivity contribution in [2.24, 2.45) is 4.99 Å². The van der Waals surface area contributed by atoms with Gasteiger partial charge in [-0.3, -0.25) is 10.1 Å². The predicted octanol–water partition coefficient (Wildman–Crippen LogP) is 8.29. The van der Waals surface area contributed by atoms with Gasteiger partial charge in [-0.1, -0.05) is 47.5 Å². The van der Waals surface area contributed by atoms with Crippen LogP contribution >= 0.6 is 45.9 Å². The number of nitro benzene ring substituents is 1. The molecule has 0 unspecified atom stereocenters. The number of nitro groups is 1. The minimum Gasteiger partial charge on any atom is -0.490 e. The highest BCUT2D eigenvalue weighted by Gasteiger charge is 2.28. The second-order valence-electron chi connectivity index (χ2n) is 8.79. The summed E-state index contributed by atoms with van der Waals surface area (Å²) in [6.45, 7) is 2.04.